The monoisotopic (exact) mass is 211 g/mol. The second-order valence-corrected chi connectivity index (χ2v) is 5.30. The van der Waals surface area contributed by atoms with Gasteiger partial charge in [0, 0.05) is 6.04 Å². The second kappa shape index (κ2) is 7.27. The molecule has 0 spiro atoms. The van der Waals surface area contributed by atoms with Crippen LogP contribution in [0.1, 0.15) is 65.7 Å². The Bertz CT molecular complexity index is 149. The van der Waals surface area contributed by atoms with Gasteiger partial charge in [-0.2, -0.15) is 0 Å². The molecule has 0 aromatic heterocycles. The van der Waals surface area contributed by atoms with Crippen LogP contribution in [-0.4, -0.2) is 12.6 Å². The maximum atomic E-state index is 3.70. The molecule has 1 fully saturated rings. The lowest BCUT2D eigenvalue weighted by molar-refractivity contribution is 0.318. The van der Waals surface area contributed by atoms with Gasteiger partial charge in [0.15, 0.2) is 0 Å². The summed E-state index contributed by atoms with van der Waals surface area (Å²) in [6.07, 6.45) is 10.0. The topological polar surface area (TPSA) is 12.0 Å². The van der Waals surface area contributed by atoms with Crippen LogP contribution < -0.4 is 5.32 Å². The van der Waals surface area contributed by atoms with Gasteiger partial charge in [0.2, 0.25) is 0 Å². The summed E-state index contributed by atoms with van der Waals surface area (Å²) in [5.74, 6) is 1.89. The Morgan fingerprint density at radius 1 is 1.13 bits per heavy atom. The first kappa shape index (κ1) is 13.0. The molecule has 0 radical (unpaired) electrons. The molecule has 1 rings (SSSR count). The number of hydrogen-bond donors (Lipinski definition) is 1. The van der Waals surface area contributed by atoms with Gasteiger partial charge in [-0.15, -0.1) is 0 Å². The van der Waals surface area contributed by atoms with Gasteiger partial charge in [-0.05, 0) is 44.1 Å². The number of nitrogens with one attached hydrogen (secondary N) is 1. The van der Waals surface area contributed by atoms with E-state index in [-0.39, 0.29) is 0 Å². The zero-order chi connectivity index (χ0) is 11.1. The Balaban J connectivity index is 2.29. The fraction of sp³-hybridized carbons (Fsp3) is 1.00. The summed E-state index contributed by atoms with van der Waals surface area (Å²) in [5.41, 5.74) is 0. The van der Waals surface area contributed by atoms with E-state index >= 15 is 0 Å². The van der Waals surface area contributed by atoms with E-state index in [2.05, 4.69) is 26.1 Å². The van der Waals surface area contributed by atoms with E-state index in [1.165, 1.54) is 44.9 Å². The van der Waals surface area contributed by atoms with Crippen LogP contribution in [0.3, 0.4) is 0 Å². The molecule has 1 heteroatoms. The van der Waals surface area contributed by atoms with Crippen LogP contribution in [0.15, 0.2) is 0 Å². The first-order valence-electron chi connectivity index (χ1n) is 7.01. The van der Waals surface area contributed by atoms with Crippen LogP contribution in [-0.2, 0) is 0 Å². The molecule has 0 aromatic carbocycles. The molecule has 15 heavy (non-hydrogen) atoms. The van der Waals surface area contributed by atoms with E-state index in [4.69, 9.17) is 0 Å². The van der Waals surface area contributed by atoms with Gasteiger partial charge in [0.05, 0.1) is 0 Å². The van der Waals surface area contributed by atoms with Crippen molar-refractivity contribution in [2.24, 2.45) is 11.8 Å². The first-order valence-corrected chi connectivity index (χ1v) is 7.01. The number of hydrogen-bond acceptors (Lipinski definition) is 1. The van der Waals surface area contributed by atoms with Gasteiger partial charge in [0.25, 0.3) is 0 Å². The third kappa shape index (κ3) is 4.55. The minimum Gasteiger partial charge on any atom is -0.314 e. The molecule has 90 valence electrons. The minimum atomic E-state index is 0.812. The van der Waals surface area contributed by atoms with Crippen molar-refractivity contribution >= 4 is 0 Å². The highest BCUT2D eigenvalue weighted by molar-refractivity contribution is 4.80. The molecule has 1 nitrogen and oxygen atoms in total. The summed E-state index contributed by atoms with van der Waals surface area (Å²) >= 11 is 0. The molecule has 1 aliphatic carbocycles. The molecule has 0 aromatic rings. The highest BCUT2D eigenvalue weighted by Crippen LogP contribution is 2.30. The maximum Gasteiger partial charge on any atom is 0.00953 e. The Labute approximate surface area is 96.0 Å². The molecule has 2 atom stereocenters. The second-order valence-electron chi connectivity index (χ2n) is 5.30. The fourth-order valence-corrected chi connectivity index (χ4v) is 2.79. The predicted molar refractivity (Wildman–Crippen MR) is 68.1 cm³/mol. The van der Waals surface area contributed by atoms with E-state index in [0.29, 0.717) is 0 Å². The molecular formula is C14H29N. The van der Waals surface area contributed by atoms with Crippen LogP contribution in [0.25, 0.3) is 0 Å². The highest BCUT2D eigenvalue weighted by Gasteiger charge is 2.24. The van der Waals surface area contributed by atoms with Gasteiger partial charge in [-0.25, -0.2) is 0 Å². The molecule has 1 N–H and O–H groups in total. The van der Waals surface area contributed by atoms with Gasteiger partial charge in [0.1, 0.15) is 0 Å². The standard InChI is InChI=1S/C14H29N/c1-4-12(3)10-11-14(15-5-2)13-8-6-7-9-13/h12-15H,4-11H2,1-3H3. The summed E-state index contributed by atoms with van der Waals surface area (Å²) in [6, 6.07) is 0.812. The average molecular weight is 211 g/mol. The Morgan fingerprint density at radius 2 is 1.80 bits per heavy atom. The van der Waals surface area contributed by atoms with Crippen LogP contribution in [0.5, 0.6) is 0 Å². The quantitative estimate of drug-likeness (QED) is 0.671. The van der Waals surface area contributed by atoms with Crippen LogP contribution >= 0.6 is 0 Å². The van der Waals surface area contributed by atoms with Crippen molar-refractivity contribution in [3.05, 3.63) is 0 Å². The normalized spacial score (nSPS) is 21.8. The molecule has 0 aliphatic heterocycles. The largest absolute Gasteiger partial charge is 0.314 e. The molecule has 0 saturated heterocycles. The Morgan fingerprint density at radius 3 is 2.33 bits per heavy atom. The van der Waals surface area contributed by atoms with E-state index in [9.17, 15) is 0 Å². The van der Waals surface area contributed by atoms with Gasteiger partial charge >= 0.3 is 0 Å². The predicted octanol–water partition coefficient (Wildman–Crippen LogP) is 3.98. The van der Waals surface area contributed by atoms with Crippen molar-refractivity contribution in [2.75, 3.05) is 6.54 Å². The summed E-state index contributed by atoms with van der Waals surface area (Å²) in [4.78, 5) is 0. The van der Waals surface area contributed by atoms with Crippen LogP contribution in [0, 0.1) is 11.8 Å². The molecule has 0 bridgehead atoms. The van der Waals surface area contributed by atoms with Crippen molar-refractivity contribution in [1.29, 1.82) is 0 Å². The Hall–Kier alpha value is -0.0400. The van der Waals surface area contributed by atoms with Crippen LogP contribution in [0.4, 0.5) is 0 Å². The highest BCUT2D eigenvalue weighted by atomic mass is 14.9. The summed E-state index contributed by atoms with van der Waals surface area (Å²) < 4.78 is 0. The molecule has 1 aliphatic rings. The van der Waals surface area contributed by atoms with Crippen LogP contribution in [0.2, 0.25) is 0 Å². The number of rotatable bonds is 7. The van der Waals surface area contributed by atoms with Crippen molar-refractivity contribution in [1.82, 2.24) is 5.32 Å². The van der Waals surface area contributed by atoms with E-state index in [1.54, 1.807) is 0 Å². The van der Waals surface area contributed by atoms with E-state index in [1.807, 2.05) is 0 Å². The third-order valence-electron chi connectivity index (χ3n) is 4.10. The summed E-state index contributed by atoms with van der Waals surface area (Å²) in [7, 11) is 0. The molecule has 2 unspecified atom stereocenters. The van der Waals surface area contributed by atoms with Gasteiger partial charge in [-0.1, -0.05) is 40.0 Å². The first-order chi connectivity index (χ1) is 7.27. The molecule has 1 saturated carbocycles. The fourth-order valence-electron chi connectivity index (χ4n) is 2.79. The van der Waals surface area contributed by atoms with Gasteiger partial charge in [-0.3, -0.25) is 0 Å². The smallest absolute Gasteiger partial charge is 0.00953 e. The molecular weight excluding hydrogens is 182 g/mol. The minimum absolute atomic E-state index is 0.812. The van der Waals surface area contributed by atoms with Crippen molar-refractivity contribution in [3.8, 4) is 0 Å². The van der Waals surface area contributed by atoms with E-state index < -0.39 is 0 Å². The SMILES string of the molecule is CCNC(CCC(C)CC)C1CCCC1. The lowest BCUT2D eigenvalue weighted by Gasteiger charge is -2.25. The zero-order valence-electron chi connectivity index (χ0n) is 10.9. The zero-order valence-corrected chi connectivity index (χ0v) is 10.9. The lowest BCUT2D eigenvalue weighted by atomic mass is 9.90. The summed E-state index contributed by atoms with van der Waals surface area (Å²) in [6.45, 7) is 8.08. The van der Waals surface area contributed by atoms with E-state index in [0.717, 1.165) is 24.4 Å². The average Bonchev–Trinajstić information content (AvgIpc) is 2.76. The lowest BCUT2D eigenvalue weighted by Crippen LogP contribution is -2.35. The van der Waals surface area contributed by atoms with Crippen molar-refractivity contribution in [3.63, 3.8) is 0 Å². The maximum absolute atomic E-state index is 3.70. The van der Waals surface area contributed by atoms with Crippen molar-refractivity contribution < 1.29 is 0 Å². The Kier molecular flexibility index (Phi) is 6.31. The third-order valence-corrected chi connectivity index (χ3v) is 4.10. The summed E-state index contributed by atoms with van der Waals surface area (Å²) in [5, 5.41) is 3.70. The van der Waals surface area contributed by atoms with Gasteiger partial charge < -0.3 is 5.32 Å². The molecule has 0 amide bonds. The molecule has 0 heterocycles. The van der Waals surface area contributed by atoms with Crippen molar-refractivity contribution in [2.45, 2.75) is 71.8 Å².